The van der Waals surface area contributed by atoms with Crippen LogP contribution in [0, 0.1) is 30.2 Å². The van der Waals surface area contributed by atoms with Gasteiger partial charge in [-0.2, -0.15) is 8.78 Å². The number of furan rings is 1. The molecule has 4 rings (SSSR count). The summed E-state index contributed by atoms with van der Waals surface area (Å²) in [5, 5.41) is 0. The summed E-state index contributed by atoms with van der Waals surface area (Å²) in [5.41, 5.74) is 2.41. The van der Waals surface area contributed by atoms with Crippen LogP contribution in [0.1, 0.15) is 27.4 Å². The molecule has 5 nitrogen and oxygen atoms in total. The van der Waals surface area contributed by atoms with Crippen LogP contribution in [0.25, 0.3) is 0 Å². The van der Waals surface area contributed by atoms with Crippen LogP contribution in [-0.2, 0) is 13.2 Å². The van der Waals surface area contributed by atoms with E-state index in [0.29, 0.717) is 26.2 Å². The average molecular weight is 462 g/mol. The highest BCUT2D eigenvalue weighted by molar-refractivity contribution is 5.91. The fraction of sp³-hybridized carbons (Fsp3) is 0.292. The summed E-state index contributed by atoms with van der Waals surface area (Å²) in [5.74, 6) is -7.78. The highest BCUT2D eigenvalue weighted by atomic mass is 19.2. The van der Waals surface area contributed by atoms with E-state index >= 15 is 0 Å². The van der Waals surface area contributed by atoms with Crippen LogP contribution in [0.2, 0.25) is 0 Å². The van der Waals surface area contributed by atoms with E-state index in [9.17, 15) is 22.4 Å². The molecule has 2 heterocycles. The van der Waals surface area contributed by atoms with Gasteiger partial charge in [-0.15, -0.1) is 0 Å². The van der Waals surface area contributed by atoms with Crippen LogP contribution in [0.4, 0.5) is 17.6 Å². The van der Waals surface area contributed by atoms with Crippen molar-refractivity contribution in [2.24, 2.45) is 0 Å². The second kappa shape index (κ2) is 9.66. The second-order valence-corrected chi connectivity index (χ2v) is 7.91. The van der Waals surface area contributed by atoms with Crippen molar-refractivity contribution in [1.82, 2.24) is 9.80 Å². The Balaban J connectivity index is 1.32. The molecule has 174 valence electrons. The second-order valence-electron chi connectivity index (χ2n) is 7.91. The summed E-state index contributed by atoms with van der Waals surface area (Å²) >= 11 is 0. The van der Waals surface area contributed by atoms with Gasteiger partial charge in [0.1, 0.15) is 12.4 Å². The number of nitrogens with zero attached hydrogens (tertiary/aromatic N) is 2. The molecule has 0 atom stereocenters. The fourth-order valence-corrected chi connectivity index (χ4v) is 3.61. The standard InChI is InChI=1S/C24H22F4N2O3/c1-15-2-4-16(5-3-15)13-29-8-10-30(11-9-29)24(31)20-7-6-17(33-20)14-32-23-21(27)18(25)12-19(26)22(23)28/h2-7,12H,8-11,13-14H2,1H3. The number of carbonyl (C=O) groups excluding carboxylic acids is 1. The Morgan fingerprint density at radius 2 is 1.58 bits per heavy atom. The van der Waals surface area contributed by atoms with Crippen molar-refractivity contribution < 1.29 is 31.5 Å². The third-order valence-electron chi connectivity index (χ3n) is 5.49. The highest BCUT2D eigenvalue weighted by Gasteiger charge is 2.25. The summed E-state index contributed by atoms with van der Waals surface area (Å²) < 4.78 is 64.3. The van der Waals surface area contributed by atoms with Gasteiger partial charge in [0.2, 0.25) is 11.6 Å². The minimum Gasteiger partial charge on any atom is -0.479 e. The summed E-state index contributed by atoms with van der Waals surface area (Å²) in [4.78, 5) is 16.7. The Hall–Kier alpha value is -3.33. The molecule has 1 aromatic heterocycles. The van der Waals surface area contributed by atoms with E-state index in [1.165, 1.54) is 23.3 Å². The third-order valence-corrected chi connectivity index (χ3v) is 5.49. The highest BCUT2D eigenvalue weighted by Crippen LogP contribution is 2.27. The van der Waals surface area contributed by atoms with Gasteiger partial charge < -0.3 is 14.1 Å². The minimum atomic E-state index is -1.64. The number of halogens is 4. The van der Waals surface area contributed by atoms with Gasteiger partial charge in [-0.1, -0.05) is 29.8 Å². The molecule has 1 aliphatic heterocycles. The molecule has 1 amide bonds. The summed E-state index contributed by atoms with van der Waals surface area (Å²) in [6.07, 6.45) is 0. The van der Waals surface area contributed by atoms with E-state index in [1.54, 1.807) is 4.90 Å². The van der Waals surface area contributed by atoms with Gasteiger partial charge in [0.15, 0.2) is 23.1 Å². The first-order chi connectivity index (χ1) is 15.8. The van der Waals surface area contributed by atoms with Crippen LogP contribution in [0.15, 0.2) is 46.9 Å². The molecule has 2 aromatic carbocycles. The lowest BCUT2D eigenvalue weighted by Crippen LogP contribution is -2.48. The molecule has 0 N–H and O–H groups in total. The number of piperazine rings is 1. The molecule has 1 saturated heterocycles. The minimum absolute atomic E-state index is 0.0481. The molecule has 0 bridgehead atoms. The monoisotopic (exact) mass is 462 g/mol. The predicted molar refractivity (Wildman–Crippen MR) is 112 cm³/mol. The maximum Gasteiger partial charge on any atom is 0.289 e. The Labute approximate surface area is 188 Å². The van der Waals surface area contributed by atoms with Gasteiger partial charge in [-0.05, 0) is 24.6 Å². The SMILES string of the molecule is Cc1ccc(CN2CCN(C(=O)c3ccc(COc4c(F)c(F)cc(F)c4F)o3)CC2)cc1. The number of ether oxygens (including phenoxy) is 1. The van der Waals surface area contributed by atoms with Gasteiger partial charge in [-0.25, -0.2) is 8.78 Å². The Morgan fingerprint density at radius 3 is 2.21 bits per heavy atom. The molecule has 0 spiro atoms. The Bertz CT molecular complexity index is 1110. The first kappa shape index (κ1) is 22.8. The van der Waals surface area contributed by atoms with Gasteiger partial charge >= 0.3 is 0 Å². The first-order valence-corrected chi connectivity index (χ1v) is 10.4. The van der Waals surface area contributed by atoms with Crippen molar-refractivity contribution in [3.8, 4) is 5.75 Å². The van der Waals surface area contributed by atoms with Crippen molar-refractivity contribution in [2.45, 2.75) is 20.1 Å². The molecular weight excluding hydrogens is 440 g/mol. The Morgan fingerprint density at radius 1 is 0.939 bits per heavy atom. The molecule has 33 heavy (non-hydrogen) atoms. The summed E-state index contributed by atoms with van der Waals surface area (Å²) in [6.45, 7) is 4.80. The van der Waals surface area contributed by atoms with E-state index in [2.05, 4.69) is 29.2 Å². The topological polar surface area (TPSA) is 45.9 Å². The van der Waals surface area contributed by atoms with E-state index in [4.69, 9.17) is 9.15 Å². The maximum atomic E-state index is 13.7. The molecular formula is C24H22F4N2O3. The fourth-order valence-electron chi connectivity index (χ4n) is 3.61. The quantitative estimate of drug-likeness (QED) is 0.394. The van der Waals surface area contributed by atoms with Crippen molar-refractivity contribution in [3.63, 3.8) is 0 Å². The number of benzene rings is 2. The van der Waals surface area contributed by atoms with Gasteiger partial charge in [0.05, 0.1) is 0 Å². The average Bonchev–Trinajstić information content (AvgIpc) is 3.28. The van der Waals surface area contributed by atoms with Crippen LogP contribution >= 0.6 is 0 Å². The van der Waals surface area contributed by atoms with E-state index in [1.807, 2.05) is 6.92 Å². The number of carbonyl (C=O) groups is 1. The van der Waals surface area contributed by atoms with Crippen molar-refractivity contribution in [2.75, 3.05) is 26.2 Å². The third kappa shape index (κ3) is 5.19. The molecule has 1 aliphatic rings. The molecule has 3 aromatic rings. The van der Waals surface area contributed by atoms with E-state index in [0.717, 1.165) is 6.54 Å². The zero-order valence-corrected chi connectivity index (χ0v) is 17.9. The zero-order valence-electron chi connectivity index (χ0n) is 17.9. The zero-order chi connectivity index (χ0) is 23.5. The molecule has 9 heteroatoms. The van der Waals surface area contributed by atoms with Crippen LogP contribution < -0.4 is 4.74 Å². The lowest BCUT2D eigenvalue weighted by molar-refractivity contribution is 0.0594. The van der Waals surface area contributed by atoms with Crippen molar-refractivity contribution in [3.05, 3.63) is 88.4 Å². The lowest BCUT2D eigenvalue weighted by atomic mass is 10.1. The molecule has 1 fully saturated rings. The summed E-state index contributed by atoms with van der Waals surface area (Å²) in [6, 6.07) is 11.3. The number of aryl methyl sites for hydroxylation is 1. The Kier molecular flexibility index (Phi) is 6.69. The predicted octanol–water partition coefficient (Wildman–Crippen LogP) is 4.68. The number of hydrogen-bond acceptors (Lipinski definition) is 4. The van der Waals surface area contributed by atoms with Gasteiger partial charge in [0.25, 0.3) is 5.91 Å². The van der Waals surface area contributed by atoms with Gasteiger partial charge in [-0.3, -0.25) is 9.69 Å². The molecule has 0 unspecified atom stereocenters. The first-order valence-electron chi connectivity index (χ1n) is 10.4. The van der Waals surface area contributed by atoms with Crippen molar-refractivity contribution >= 4 is 5.91 Å². The number of amides is 1. The number of rotatable bonds is 6. The summed E-state index contributed by atoms with van der Waals surface area (Å²) in [7, 11) is 0. The molecule has 0 aliphatic carbocycles. The van der Waals surface area contributed by atoms with Gasteiger partial charge in [0, 0.05) is 38.8 Å². The van der Waals surface area contributed by atoms with Crippen molar-refractivity contribution in [1.29, 1.82) is 0 Å². The maximum absolute atomic E-state index is 13.7. The molecule has 0 saturated carbocycles. The smallest absolute Gasteiger partial charge is 0.289 e. The normalized spacial score (nSPS) is 14.5. The largest absolute Gasteiger partial charge is 0.479 e. The lowest BCUT2D eigenvalue weighted by Gasteiger charge is -2.34. The van der Waals surface area contributed by atoms with E-state index in [-0.39, 0.29) is 23.5 Å². The van der Waals surface area contributed by atoms with E-state index < -0.39 is 35.6 Å². The van der Waals surface area contributed by atoms with Crippen LogP contribution in [0.5, 0.6) is 5.75 Å². The van der Waals surface area contributed by atoms with Crippen LogP contribution in [0.3, 0.4) is 0 Å². The number of hydrogen-bond donors (Lipinski definition) is 0. The molecule has 0 radical (unpaired) electrons. The van der Waals surface area contributed by atoms with Crippen LogP contribution in [-0.4, -0.2) is 41.9 Å².